The summed E-state index contributed by atoms with van der Waals surface area (Å²) in [6.07, 6.45) is 4.84. The van der Waals surface area contributed by atoms with Crippen molar-refractivity contribution in [1.29, 1.82) is 0 Å². The normalized spacial score (nSPS) is 12.1. The summed E-state index contributed by atoms with van der Waals surface area (Å²) in [6.45, 7) is 1.84. The Bertz CT molecular complexity index is 508. The zero-order chi connectivity index (χ0) is 12.3. The molecule has 0 aliphatic rings. The molecule has 0 saturated heterocycles. The first-order valence-corrected chi connectivity index (χ1v) is 5.18. The first-order chi connectivity index (χ1) is 8.16. The van der Waals surface area contributed by atoms with Crippen LogP contribution in [-0.2, 0) is 0 Å². The minimum Gasteiger partial charge on any atom is -0.399 e. The summed E-state index contributed by atoms with van der Waals surface area (Å²) in [6, 6.07) is 2.96. The second-order valence-electron chi connectivity index (χ2n) is 3.64. The van der Waals surface area contributed by atoms with Crippen LogP contribution in [0, 0.1) is 0 Å². The highest BCUT2D eigenvalue weighted by Crippen LogP contribution is 2.08. The molecule has 2 heterocycles. The third-order valence-electron chi connectivity index (χ3n) is 2.29. The molecule has 0 aromatic carbocycles. The van der Waals surface area contributed by atoms with Gasteiger partial charge in [0.1, 0.15) is 11.5 Å². The van der Waals surface area contributed by atoms with E-state index in [-0.39, 0.29) is 11.9 Å². The Kier molecular flexibility index (Phi) is 3.04. The highest BCUT2D eigenvalue weighted by atomic mass is 16.1. The molecule has 0 aliphatic heterocycles. The molecule has 0 aliphatic carbocycles. The van der Waals surface area contributed by atoms with Crippen molar-refractivity contribution in [3.8, 4) is 0 Å². The molecular formula is C11H13N5O. The quantitative estimate of drug-likeness (QED) is 0.730. The van der Waals surface area contributed by atoms with Crippen LogP contribution >= 0.6 is 0 Å². The van der Waals surface area contributed by atoms with Gasteiger partial charge in [-0.2, -0.15) is 0 Å². The molecule has 1 amide bonds. The van der Waals surface area contributed by atoms with Crippen molar-refractivity contribution in [3.05, 3.63) is 42.2 Å². The van der Waals surface area contributed by atoms with Crippen molar-refractivity contribution in [2.24, 2.45) is 0 Å². The fourth-order valence-corrected chi connectivity index (χ4v) is 1.42. The molecule has 2 aromatic rings. The van der Waals surface area contributed by atoms with Crippen LogP contribution in [-0.4, -0.2) is 20.9 Å². The third kappa shape index (κ3) is 2.60. The van der Waals surface area contributed by atoms with E-state index in [4.69, 9.17) is 5.73 Å². The summed E-state index contributed by atoms with van der Waals surface area (Å²) < 4.78 is 0. The number of rotatable bonds is 3. The SMILES string of the molecule is CC(NC(=O)c1cc(N)ccn1)c1ncc[nH]1. The van der Waals surface area contributed by atoms with E-state index in [9.17, 15) is 4.79 Å². The summed E-state index contributed by atoms with van der Waals surface area (Å²) in [5.41, 5.74) is 6.39. The Morgan fingerprint density at radius 1 is 1.47 bits per heavy atom. The number of nitrogens with zero attached hydrogens (tertiary/aromatic N) is 2. The van der Waals surface area contributed by atoms with E-state index >= 15 is 0 Å². The molecule has 0 fully saturated rings. The maximum atomic E-state index is 11.8. The van der Waals surface area contributed by atoms with Crippen molar-refractivity contribution in [1.82, 2.24) is 20.3 Å². The van der Waals surface area contributed by atoms with Crippen LogP contribution in [0.15, 0.2) is 30.7 Å². The number of carbonyl (C=O) groups is 1. The maximum Gasteiger partial charge on any atom is 0.270 e. The van der Waals surface area contributed by atoms with Crippen LogP contribution in [0.1, 0.15) is 29.3 Å². The zero-order valence-electron chi connectivity index (χ0n) is 9.34. The molecule has 0 saturated carbocycles. The van der Waals surface area contributed by atoms with Gasteiger partial charge in [0.2, 0.25) is 0 Å². The molecule has 0 spiro atoms. The smallest absolute Gasteiger partial charge is 0.270 e. The van der Waals surface area contributed by atoms with Crippen molar-refractivity contribution < 1.29 is 4.79 Å². The van der Waals surface area contributed by atoms with Gasteiger partial charge in [-0.1, -0.05) is 0 Å². The average molecular weight is 231 g/mol. The van der Waals surface area contributed by atoms with Gasteiger partial charge in [-0.3, -0.25) is 9.78 Å². The lowest BCUT2D eigenvalue weighted by atomic mass is 10.2. The predicted octanol–water partition coefficient (Wildman–Crippen LogP) is 0.878. The number of nitrogens with two attached hydrogens (primary N) is 1. The number of nitrogen functional groups attached to an aromatic ring is 1. The number of aromatic nitrogens is 3. The molecule has 88 valence electrons. The molecule has 2 rings (SSSR count). The van der Waals surface area contributed by atoms with Crippen LogP contribution in [0.25, 0.3) is 0 Å². The minimum absolute atomic E-state index is 0.208. The lowest BCUT2D eigenvalue weighted by Gasteiger charge is -2.10. The zero-order valence-corrected chi connectivity index (χ0v) is 9.34. The number of aromatic amines is 1. The summed E-state index contributed by atoms with van der Waals surface area (Å²) in [4.78, 5) is 22.8. The lowest BCUT2D eigenvalue weighted by molar-refractivity contribution is 0.0933. The third-order valence-corrected chi connectivity index (χ3v) is 2.29. The number of amides is 1. The molecule has 6 nitrogen and oxygen atoms in total. The molecule has 1 unspecified atom stereocenters. The van der Waals surface area contributed by atoms with Crippen LogP contribution in [0.2, 0.25) is 0 Å². The van der Waals surface area contributed by atoms with Crippen LogP contribution in [0.5, 0.6) is 0 Å². The Labute approximate surface area is 98.3 Å². The number of imidazole rings is 1. The van der Waals surface area contributed by atoms with Gasteiger partial charge in [0, 0.05) is 24.3 Å². The summed E-state index contributed by atoms with van der Waals surface area (Å²) in [5, 5.41) is 2.78. The fourth-order valence-electron chi connectivity index (χ4n) is 1.42. The van der Waals surface area contributed by atoms with E-state index in [0.29, 0.717) is 17.2 Å². The van der Waals surface area contributed by atoms with E-state index in [1.165, 1.54) is 12.3 Å². The highest BCUT2D eigenvalue weighted by Gasteiger charge is 2.13. The van der Waals surface area contributed by atoms with Gasteiger partial charge in [-0.05, 0) is 19.1 Å². The van der Waals surface area contributed by atoms with E-state index in [2.05, 4.69) is 20.3 Å². The predicted molar refractivity (Wildman–Crippen MR) is 63.1 cm³/mol. The van der Waals surface area contributed by atoms with Crippen molar-refractivity contribution in [3.63, 3.8) is 0 Å². The number of H-pyrrole nitrogens is 1. The molecule has 17 heavy (non-hydrogen) atoms. The molecule has 1 atom stereocenters. The molecule has 0 bridgehead atoms. The summed E-state index contributed by atoms with van der Waals surface area (Å²) in [5.74, 6) is 0.420. The van der Waals surface area contributed by atoms with Crippen molar-refractivity contribution >= 4 is 11.6 Å². The van der Waals surface area contributed by atoms with Crippen LogP contribution < -0.4 is 11.1 Å². The second kappa shape index (κ2) is 4.65. The average Bonchev–Trinajstić information content (AvgIpc) is 2.82. The van der Waals surface area contributed by atoms with Gasteiger partial charge >= 0.3 is 0 Å². The lowest BCUT2D eigenvalue weighted by Crippen LogP contribution is -2.28. The Hall–Kier alpha value is -2.37. The maximum absolute atomic E-state index is 11.8. The molecule has 4 N–H and O–H groups in total. The molecule has 6 heteroatoms. The Morgan fingerprint density at radius 3 is 2.94 bits per heavy atom. The Morgan fingerprint density at radius 2 is 2.29 bits per heavy atom. The monoisotopic (exact) mass is 231 g/mol. The molecule has 0 radical (unpaired) electrons. The summed E-state index contributed by atoms with van der Waals surface area (Å²) >= 11 is 0. The second-order valence-corrected chi connectivity index (χ2v) is 3.64. The van der Waals surface area contributed by atoms with E-state index in [0.717, 1.165) is 0 Å². The van der Waals surface area contributed by atoms with E-state index in [1.807, 2.05) is 6.92 Å². The van der Waals surface area contributed by atoms with Gasteiger partial charge in [0.05, 0.1) is 6.04 Å². The van der Waals surface area contributed by atoms with Crippen LogP contribution in [0.3, 0.4) is 0 Å². The number of nitrogens with one attached hydrogen (secondary N) is 2. The largest absolute Gasteiger partial charge is 0.399 e. The molecule has 2 aromatic heterocycles. The number of carbonyl (C=O) groups excluding carboxylic acids is 1. The number of pyridine rings is 1. The standard InChI is InChI=1S/C11H13N5O/c1-7(10-14-4-5-15-10)16-11(17)9-6-8(12)2-3-13-9/h2-7H,1H3,(H2,12,13)(H,14,15)(H,16,17). The summed E-state index contributed by atoms with van der Waals surface area (Å²) in [7, 11) is 0. The van der Waals surface area contributed by atoms with Gasteiger partial charge < -0.3 is 16.0 Å². The topological polar surface area (TPSA) is 96.7 Å². The molecular weight excluding hydrogens is 218 g/mol. The van der Waals surface area contributed by atoms with Crippen molar-refractivity contribution in [2.45, 2.75) is 13.0 Å². The highest BCUT2D eigenvalue weighted by molar-refractivity contribution is 5.93. The number of hydrogen-bond donors (Lipinski definition) is 3. The van der Waals surface area contributed by atoms with E-state index in [1.54, 1.807) is 18.5 Å². The fraction of sp³-hybridized carbons (Fsp3) is 0.182. The number of anilines is 1. The van der Waals surface area contributed by atoms with Gasteiger partial charge in [-0.25, -0.2) is 4.98 Å². The first-order valence-electron chi connectivity index (χ1n) is 5.18. The van der Waals surface area contributed by atoms with Crippen molar-refractivity contribution in [2.75, 3.05) is 5.73 Å². The first kappa shape index (κ1) is 11.1. The van der Waals surface area contributed by atoms with Gasteiger partial charge in [0.15, 0.2) is 0 Å². The Balaban J connectivity index is 2.07. The van der Waals surface area contributed by atoms with Gasteiger partial charge in [0.25, 0.3) is 5.91 Å². The van der Waals surface area contributed by atoms with Gasteiger partial charge in [-0.15, -0.1) is 0 Å². The minimum atomic E-state index is -0.277. The number of hydrogen-bond acceptors (Lipinski definition) is 4. The van der Waals surface area contributed by atoms with E-state index < -0.39 is 0 Å². The van der Waals surface area contributed by atoms with Crippen LogP contribution in [0.4, 0.5) is 5.69 Å².